The van der Waals surface area contributed by atoms with Crippen LogP contribution < -0.4 is 5.32 Å². The number of hydrogen-bond donors (Lipinski definition) is 3. The van der Waals surface area contributed by atoms with Crippen LogP contribution in [0.5, 0.6) is 0 Å². The van der Waals surface area contributed by atoms with Gasteiger partial charge in [-0.15, -0.1) is 11.3 Å². The molecular formula is C18H18N6OS2. The molecule has 0 bridgehead atoms. The van der Waals surface area contributed by atoms with Gasteiger partial charge in [0.1, 0.15) is 5.82 Å². The molecule has 0 saturated heterocycles. The second-order valence-corrected chi connectivity index (χ2v) is 7.48. The van der Waals surface area contributed by atoms with E-state index >= 15 is 0 Å². The summed E-state index contributed by atoms with van der Waals surface area (Å²) in [6.07, 6.45) is 3.62. The first kappa shape index (κ1) is 17.6. The smallest absolute Gasteiger partial charge is 0.226 e. The second kappa shape index (κ2) is 7.45. The average molecular weight is 399 g/mol. The highest BCUT2D eigenvalue weighted by Crippen LogP contribution is 2.20. The van der Waals surface area contributed by atoms with E-state index < -0.39 is 0 Å². The Hall–Kier alpha value is -2.78. The average Bonchev–Trinajstić information content (AvgIpc) is 3.36. The number of carbonyl (C=O) groups excluding carboxylic acids is 1. The third kappa shape index (κ3) is 3.83. The number of aryl methyl sites for hydroxylation is 1. The van der Waals surface area contributed by atoms with E-state index in [9.17, 15) is 4.79 Å². The van der Waals surface area contributed by atoms with Gasteiger partial charge in [0, 0.05) is 35.9 Å². The molecule has 0 unspecified atom stereocenters. The molecule has 138 valence electrons. The first-order valence-corrected chi connectivity index (χ1v) is 9.78. The van der Waals surface area contributed by atoms with Crippen LogP contribution in [0.2, 0.25) is 0 Å². The number of amides is 1. The molecule has 27 heavy (non-hydrogen) atoms. The molecule has 0 spiro atoms. The molecule has 1 aromatic carbocycles. The first-order chi connectivity index (χ1) is 13.1. The van der Waals surface area contributed by atoms with Crippen LogP contribution in [0.25, 0.3) is 10.9 Å². The summed E-state index contributed by atoms with van der Waals surface area (Å²) in [7, 11) is 1.86. The molecule has 0 fully saturated rings. The fourth-order valence-corrected chi connectivity index (χ4v) is 3.79. The Morgan fingerprint density at radius 1 is 1.37 bits per heavy atom. The Morgan fingerprint density at radius 3 is 3.04 bits per heavy atom. The molecule has 4 aromatic rings. The van der Waals surface area contributed by atoms with Crippen molar-refractivity contribution in [1.82, 2.24) is 24.7 Å². The third-order valence-electron chi connectivity index (χ3n) is 4.41. The molecule has 7 nitrogen and oxygen atoms in total. The molecule has 3 heterocycles. The topological polar surface area (TPSA) is 91.4 Å². The van der Waals surface area contributed by atoms with Gasteiger partial charge in [0.2, 0.25) is 5.91 Å². The second-order valence-electron chi connectivity index (χ2n) is 6.23. The fourth-order valence-electron chi connectivity index (χ4n) is 2.91. The van der Waals surface area contributed by atoms with E-state index in [4.69, 9.17) is 12.2 Å². The van der Waals surface area contributed by atoms with Crippen molar-refractivity contribution in [3.8, 4) is 0 Å². The Labute approximate surface area is 164 Å². The number of aromatic amines is 2. The molecular weight excluding hydrogens is 380 g/mol. The number of thiazole rings is 1. The van der Waals surface area contributed by atoms with Crippen LogP contribution in [-0.4, -0.2) is 30.6 Å². The fraction of sp³-hybridized carbons (Fsp3) is 0.222. The summed E-state index contributed by atoms with van der Waals surface area (Å²) in [5, 5.41) is 13.5. The number of carbonyl (C=O) groups is 1. The van der Waals surface area contributed by atoms with Gasteiger partial charge in [0.25, 0.3) is 0 Å². The highest BCUT2D eigenvalue weighted by atomic mass is 32.1. The number of para-hydroxylation sites is 1. The zero-order valence-electron chi connectivity index (χ0n) is 14.7. The molecule has 9 heteroatoms. The van der Waals surface area contributed by atoms with Crippen LogP contribution in [-0.2, 0) is 24.7 Å². The van der Waals surface area contributed by atoms with Crippen LogP contribution >= 0.6 is 23.6 Å². The zero-order chi connectivity index (χ0) is 18.8. The number of anilines is 1. The lowest BCUT2D eigenvalue weighted by Gasteiger charge is -2.01. The van der Waals surface area contributed by atoms with E-state index in [-0.39, 0.29) is 5.91 Å². The number of nitrogens with one attached hydrogen (secondary N) is 3. The van der Waals surface area contributed by atoms with Crippen molar-refractivity contribution in [3.05, 3.63) is 57.7 Å². The van der Waals surface area contributed by atoms with Crippen molar-refractivity contribution in [2.75, 3.05) is 5.32 Å². The van der Waals surface area contributed by atoms with Crippen molar-refractivity contribution in [2.24, 2.45) is 7.05 Å². The Bertz CT molecular complexity index is 1150. The van der Waals surface area contributed by atoms with Crippen LogP contribution in [0.3, 0.4) is 0 Å². The molecule has 3 aromatic heterocycles. The van der Waals surface area contributed by atoms with E-state index in [1.807, 2.05) is 41.4 Å². The van der Waals surface area contributed by atoms with Gasteiger partial charge in [-0.1, -0.05) is 18.2 Å². The maximum absolute atomic E-state index is 12.3. The molecule has 4 rings (SSSR count). The Kier molecular flexibility index (Phi) is 4.87. The van der Waals surface area contributed by atoms with E-state index in [1.54, 1.807) is 0 Å². The van der Waals surface area contributed by atoms with Crippen LogP contribution in [0, 0.1) is 4.77 Å². The van der Waals surface area contributed by atoms with E-state index in [1.165, 1.54) is 11.3 Å². The largest absolute Gasteiger partial charge is 0.361 e. The van der Waals surface area contributed by atoms with Gasteiger partial charge in [0.05, 0.1) is 12.1 Å². The number of rotatable bonds is 6. The van der Waals surface area contributed by atoms with Gasteiger partial charge in [-0.25, -0.2) is 4.98 Å². The van der Waals surface area contributed by atoms with Gasteiger partial charge in [-0.2, -0.15) is 5.10 Å². The summed E-state index contributed by atoms with van der Waals surface area (Å²) in [6.45, 7) is 0. The van der Waals surface area contributed by atoms with Crippen molar-refractivity contribution in [1.29, 1.82) is 0 Å². The van der Waals surface area contributed by atoms with Crippen molar-refractivity contribution >= 4 is 45.5 Å². The summed E-state index contributed by atoms with van der Waals surface area (Å²) in [5.41, 5.74) is 3.08. The molecule has 0 aliphatic carbocycles. The number of nitrogens with zero attached hydrogens (tertiary/aromatic N) is 3. The highest BCUT2D eigenvalue weighted by molar-refractivity contribution is 7.71. The van der Waals surface area contributed by atoms with E-state index in [0.29, 0.717) is 29.2 Å². The summed E-state index contributed by atoms with van der Waals surface area (Å²) >= 11 is 6.53. The summed E-state index contributed by atoms with van der Waals surface area (Å²) < 4.78 is 2.39. The summed E-state index contributed by atoms with van der Waals surface area (Å²) in [5.74, 6) is 0.766. The zero-order valence-corrected chi connectivity index (χ0v) is 16.3. The molecule has 0 atom stereocenters. The highest BCUT2D eigenvalue weighted by Gasteiger charge is 2.11. The standard InChI is InChI=1S/C18H18N6OS2/c1-24-15(22-23-18(24)26)8-12-10-27-17(20-12)21-16(25)7-6-11-9-19-14-5-3-2-4-13(11)14/h2-5,9-10,19H,6-8H2,1H3,(H,23,26)(H,20,21,25). The lowest BCUT2D eigenvalue weighted by atomic mass is 10.1. The van der Waals surface area contributed by atoms with Crippen LogP contribution in [0.4, 0.5) is 5.13 Å². The predicted molar refractivity (Wildman–Crippen MR) is 109 cm³/mol. The summed E-state index contributed by atoms with van der Waals surface area (Å²) in [6, 6.07) is 8.10. The Morgan fingerprint density at radius 2 is 2.22 bits per heavy atom. The minimum atomic E-state index is -0.0423. The van der Waals surface area contributed by atoms with Gasteiger partial charge in [0.15, 0.2) is 9.90 Å². The maximum atomic E-state index is 12.3. The van der Waals surface area contributed by atoms with Gasteiger partial charge in [-0.3, -0.25) is 9.89 Å². The lowest BCUT2D eigenvalue weighted by molar-refractivity contribution is -0.116. The van der Waals surface area contributed by atoms with Crippen LogP contribution in [0.15, 0.2) is 35.8 Å². The van der Waals surface area contributed by atoms with E-state index in [2.05, 4.69) is 31.5 Å². The van der Waals surface area contributed by atoms with Gasteiger partial charge < -0.3 is 14.9 Å². The number of fused-ring (bicyclic) bond motifs is 1. The van der Waals surface area contributed by atoms with Gasteiger partial charge >= 0.3 is 0 Å². The number of benzene rings is 1. The molecule has 0 aliphatic rings. The molecule has 1 amide bonds. The molecule has 0 saturated carbocycles. The van der Waals surface area contributed by atoms with Crippen molar-refractivity contribution < 1.29 is 4.79 Å². The quantitative estimate of drug-likeness (QED) is 0.433. The van der Waals surface area contributed by atoms with Crippen molar-refractivity contribution in [3.63, 3.8) is 0 Å². The number of hydrogen-bond acceptors (Lipinski definition) is 5. The number of H-pyrrole nitrogens is 2. The normalized spacial score (nSPS) is 11.1. The Balaban J connectivity index is 1.35. The maximum Gasteiger partial charge on any atom is 0.226 e. The lowest BCUT2D eigenvalue weighted by Crippen LogP contribution is -2.12. The molecule has 0 radical (unpaired) electrons. The summed E-state index contributed by atoms with van der Waals surface area (Å²) in [4.78, 5) is 20.0. The first-order valence-electron chi connectivity index (χ1n) is 8.49. The van der Waals surface area contributed by atoms with E-state index in [0.717, 1.165) is 28.0 Å². The monoisotopic (exact) mass is 398 g/mol. The molecule has 3 N–H and O–H groups in total. The minimum absolute atomic E-state index is 0.0423. The van der Waals surface area contributed by atoms with Crippen molar-refractivity contribution in [2.45, 2.75) is 19.3 Å². The van der Waals surface area contributed by atoms with Gasteiger partial charge in [-0.05, 0) is 30.3 Å². The predicted octanol–water partition coefficient (Wildman–Crippen LogP) is 3.58. The van der Waals surface area contributed by atoms with Crippen LogP contribution in [0.1, 0.15) is 23.5 Å². The molecule has 0 aliphatic heterocycles. The third-order valence-corrected chi connectivity index (χ3v) is 5.58. The SMILES string of the molecule is Cn1c(Cc2csc(NC(=O)CCc3c[nH]c4ccccc34)n2)n[nH]c1=S. The number of aromatic nitrogens is 5. The minimum Gasteiger partial charge on any atom is -0.361 e.